The maximum Gasteiger partial charge on any atom is 0.251 e. The molecule has 8 nitrogen and oxygen atoms in total. The highest BCUT2D eigenvalue weighted by Crippen LogP contribution is 2.47. The number of carbonyl (C=O) groups excluding carboxylic acids is 1. The van der Waals surface area contributed by atoms with Crippen molar-refractivity contribution in [1.82, 2.24) is 25.4 Å². The number of hydrogen-bond acceptors (Lipinski definition) is 6. The lowest BCUT2D eigenvalue weighted by atomic mass is 9.90. The van der Waals surface area contributed by atoms with Gasteiger partial charge in [-0.2, -0.15) is 5.10 Å². The summed E-state index contributed by atoms with van der Waals surface area (Å²) >= 11 is 0. The van der Waals surface area contributed by atoms with Gasteiger partial charge in [0.15, 0.2) is 0 Å². The minimum Gasteiger partial charge on any atom is -0.490 e. The zero-order valence-electron chi connectivity index (χ0n) is 24.4. The summed E-state index contributed by atoms with van der Waals surface area (Å²) < 4.78 is 43.6. The van der Waals surface area contributed by atoms with Gasteiger partial charge < -0.3 is 20.1 Å². The number of carbonyl (C=O) groups is 1. The fourth-order valence-corrected chi connectivity index (χ4v) is 6.59. The smallest absolute Gasteiger partial charge is 0.251 e. The van der Waals surface area contributed by atoms with Crippen molar-refractivity contribution in [1.29, 1.82) is 0 Å². The summed E-state index contributed by atoms with van der Waals surface area (Å²) in [7, 11) is 1.55. The third kappa shape index (κ3) is 4.69. The number of fused-ring (bicyclic) bond motifs is 3. The van der Waals surface area contributed by atoms with Gasteiger partial charge in [0.1, 0.15) is 29.7 Å². The molecule has 10 heteroatoms. The van der Waals surface area contributed by atoms with Crippen LogP contribution in [-0.4, -0.2) is 47.5 Å². The van der Waals surface area contributed by atoms with Crippen LogP contribution in [0, 0.1) is 11.6 Å². The molecule has 2 aromatic carbocycles. The molecule has 1 aliphatic carbocycles. The van der Waals surface area contributed by atoms with E-state index in [0.29, 0.717) is 35.5 Å². The van der Waals surface area contributed by atoms with Gasteiger partial charge in [-0.15, -0.1) is 0 Å². The van der Waals surface area contributed by atoms with Crippen LogP contribution in [0.5, 0.6) is 5.75 Å². The van der Waals surface area contributed by atoms with Crippen molar-refractivity contribution in [3.8, 4) is 39.5 Å². The summed E-state index contributed by atoms with van der Waals surface area (Å²) in [6, 6.07) is 10.2. The predicted molar refractivity (Wildman–Crippen MR) is 158 cm³/mol. The SMILES string of the molecule is COCCOc1cc(F)cc(F)c1-c1c(-c2cc3n(n2)[C@@H](C)CN[C@@H]3C)nc(-c2ccc3c(c2)C(=O)NC3)c2c1CCC2. The highest BCUT2D eigenvalue weighted by Gasteiger charge is 2.32. The molecule has 0 saturated heterocycles. The van der Waals surface area contributed by atoms with E-state index in [-0.39, 0.29) is 42.5 Å². The van der Waals surface area contributed by atoms with E-state index in [9.17, 15) is 9.18 Å². The standard InChI is InChI=1S/C33H33F2N5O3/c1-17-15-36-18(2)27-14-26(39-40(17)27)32-29(30-25(35)12-21(34)13-28(30)43-10-9-42-3)22-5-4-6-23(22)31(38-32)19-7-8-20-16-37-33(41)24(20)11-19/h7-8,11-14,17-18,36H,4-6,9-10,15-16H2,1-3H3,(H,37,41)/t17-,18+/m0/s1. The molecule has 3 aliphatic rings. The number of methoxy groups -OCH3 is 1. The number of hydrogen-bond donors (Lipinski definition) is 2. The Morgan fingerprint density at radius 2 is 1.86 bits per heavy atom. The quantitative estimate of drug-likeness (QED) is 0.277. The molecular formula is C33H33F2N5O3. The van der Waals surface area contributed by atoms with E-state index in [2.05, 4.69) is 24.5 Å². The summed E-state index contributed by atoms with van der Waals surface area (Å²) in [5.74, 6) is -1.45. The fourth-order valence-electron chi connectivity index (χ4n) is 6.59. The third-order valence-electron chi connectivity index (χ3n) is 8.73. The molecule has 0 bridgehead atoms. The molecule has 0 radical (unpaired) electrons. The van der Waals surface area contributed by atoms with Crippen molar-refractivity contribution in [3.05, 3.63) is 76.0 Å². The van der Waals surface area contributed by atoms with Crippen LogP contribution in [0.15, 0.2) is 36.4 Å². The molecule has 4 heterocycles. The molecule has 2 aromatic heterocycles. The molecule has 2 atom stereocenters. The summed E-state index contributed by atoms with van der Waals surface area (Å²) in [6.07, 6.45) is 2.29. The van der Waals surface area contributed by atoms with Crippen LogP contribution in [0.1, 0.15) is 65.1 Å². The number of ether oxygens (including phenoxy) is 2. The fraction of sp³-hybridized carbons (Fsp3) is 0.364. The lowest BCUT2D eigenvalue weighted by molar-refractivity contribution is 0.0965. The second-order valence-electron chi connectivity index (χ2n) is 11.5. The van der Waals surface area contributed by atoms with Crippen LogP contribution in [0.3, 0.4) is 0 Å². The Kier molecular flexibility index (Phi) is 6.98. The molecule has 0 fully saturated rings. The minimum absolute atomic E-state index is 0.0699. The van der Waals surface area contributed by atoms with Gasteiger partial charge in [-0.05, 0) is 61.9 Å². The minimum atomic E-state index is -0.723. The van der Waals surface area contributed by atoms with E-state index in [1.165, 1.54) is 6.07 Å². The van der Waals surface area contributed by atoms with E-state index in [4.69, 9.17) is 19.6 Å². The van der Waals surface area contributed by atoms with Gasteiger partial charge in [0.25, 0.3) is 5.91 Å². The number of halogens is 2. The highest BCUT2D eigenvalue weighted by atomic mass is 19.1. The van der Waals surface area contributed by atoms with Crippen LogP contribution in [0.4, 0.5) is 8.78 Å². The van der Waals surface area contributed by atoms with E-state index >= 15 is 4.39 Å². The monoisotopic (exact) mass is 585 g/mol. The largest absolute Gasteiger partial charge is 0.490 e. The van der Waals surface area contributed by atoms with Crippen molar-refractivity contribution in [3.63, 3.8) is 0 Å². The summed E-state index contributed by atoms with van der Waals surface area (Å²) in [5.41, 5.74) is 7.97. The summed E-state index contributed by atoms with van der Waals surface area (Å²) in [4.78, 5) is 17.8. The molecule has 4 aromatic rings. The molecule has 43 heavy (non-hydrogen) atoms. The number of nitrogens with one attached hydrogen (secondary N) is 2. The Labute approximate surface area is 248 Å². The Bertz CT molecular complexity index is 1740. The number of nitrogens with zero attached hydrogens (tertiary/aromatic N) is 3. The predicted octanol–water partition coefficient (Wildman–Crippen LogP) is 5.54. The number of amides is 1. The maximum atomic E-state index is 16.0. The van der Waals surface area contributed by atoms with Gasteiger partial charge in [0.2, 0.25) is 0 Å². The molecule has 7 rings (SSSR count). The number of rotatable bonds is 7. The van der Waals surface area contributed by atoms with Gasteiger partial charge in [-0.3, -0.25) is 9.48 Å². The lowest BCUT2D eigenvalue weighted by Gasteiger charge is -2.27. The van der Waals surface area contributed by atoms with Gasteiger partial charge in [-0.25, -0.2) is 13.8 Å². The Morgan fingerprint density at radius 3 is 2.67 bits per heavy atom. The van der Waals surface area contributed by atoms with E-state index in [1.807, 2.05) is 28.9 Å². The van der Waals surface area contributed by atoms with Crippen molar-refractivity contribution < 1.29 is 23.0 Å². The van der Waals surface area contributed by atoms with Crippen molar-refractivity contribution in [2.45, 2.75) is 51.7 Å². The summed E-state index contributed by atoms with van der Waals surface area (Å²) in [5, 5.41) is 11.4. The first-order chi connectivity index (χ1) is 20.8. The first kappa shape index (κ1) is 27.7. The van der Waals surface area contributed by atoms with Crippen molar-refractivity contribution in [2.75, 3.05) is 26.9 Å². The molecule has 1 amide bonds. The Morgan fingerprint density at radius 1 is 1.02 bits per heavy atom. The zero-order valence-corrected chi connectivity index (χ0v) is 24.4. The van der Waals surface area contributed by atoms with Crippen LogP contribution in [-0.2, 0) is 24.1 Å². The molecular weight excluding hydrogens is 552 g/mol. The third-order valence-corrected chi connectivity index (χ3v) is 8.73. The van der Waals surface area contributed by atoms with Gasteiger partial charge in [0, 0.05) is 55.1 Å². The zero-order chi connectivity index (χ0) is 29.8. The van der Waals surface area contributed by atoms with Crippen LogP contribution < -0.4 is 15.4 Å². The molecule has 0 saturated carbocycles. The average molecular weight is 586 g/mol. The number of pyridine rings is 1. The average Bonchev–Trinajstić information content (AvgIpc) is 3.74. The van der Waals surface area contributed by atoms with Gasteiger partial charge in [-0.1, -0.05) is 12.1 Å². The Balaban J connectivity index is 1.51. The summed E-state index contributed by atoms with van der Waals surface area (Å²) in [6.45, 7) is 5.85. The van der Waals surface area contributed by atoms with Crippen LogP contribution in [0.25, 0.3) is 33.8 Å². The molecule has 222 valence electrons. The molecule has 2 aliphatic heterocycles. The maximum absolute atomic E-state index is 16.0. The van der Waals surface area contributed by atoms with Crippen LogP contribution in [0.2, 0.25) is 0 Å². The van der Waals surface area contributed by atoms with E-state index in [0.717, 1.165) is 59.1 Å². The second-order valence-corrected chi connectivity index (χ2v) is 11.5. The van der Waals surface area contributed by atoms with Crippen molar-refractivity contribution in [2.24, 2.45) is 0 Å². The molecule has 0 unspecified atom stereocenters. The van der Waals surface area contributed by atoms with Gasteiger partial charge >= 0.3 is 0 Å². The molecule has 2 N–H and O–H groups in total. The van der Waals surface area contributed by atoms with Crippen LogP contribution >= 0.6 is 0 Å². The van der Waals surface area contributed by atoms with E-state index < -0.39 is 11.6 Å². The number of benzene rings is 2. The topological polar surface area (TPSA) is 90.3 Å². The first-order valence-electron chi connectivity index (χ1n) is 14.8. The Hall–Kier alpha value is -4.15. The van der Waals surface area contributed by atoms with Crippen molar-refractivity contribution >= 4 is 5.91 Å². The second kappa shape index (κ2) is 10.8. The lowest BCUT2D eigenvalue weighted by Crippen LogP contribution is -2.34. The normalized spacial score (nSPS) is 18.8. The molecule has 0 spiro atoms. The first-order valence-corrected chi connectivity index (χ1v) is 14.8. The van der Waals surface area contributed by atoms with E-state index in [1.54, 1.807) is 7.11 Å². The van der Waals surface area contributed by atoms with Gasteiger partial charge in [0.05, 0.1) is 35.3 Å². The number of aromatic nitrogens is 3. The highest BCUT2D eigenvalue weighted by molar-refractivity contribution is 5.99.